The molecule has 0 radical (unpaired) electrons. The highest BCUT2D eigenvalue weighted by atomic mass is 16.5. The topological polar surface area (TPSA) is 64.2 Å². The molecule has 0 N–H and O–H groups in total. The Morgan fingerprint density at radius 2 is 1.91 bits per heavy atom. The summed E-state index contributed by atoms with van der Waals surface area (Å²) in [6.45, 7) is 0.583. The zero-order chi connectivity index (χ0) is 22.4. The molecule has 2 aromatic heterocycles. The Hall–Kier alpha value is -3.41. The van der Waals surface area contributed by atoms with Crippen LogP contribution in [-0.2, 0) is 26.4 Å². The van der Waals surface area contributed by atoms with E-state index in [4.69, 9.17) is 9.62 Å². The van der Waals surface area contributed by atoms with Gasteiger partial charge in [0, 0.05) is 29.9 Å². The number of fused-ring (bicyclic) bond motifs is 2. The van der Waals surface area contributed by atoms with E-state index in [1.807, 2.05) is 60.3 Å². The van der Waals surface area contributed by atoms with Crippen LogP contribution in [-0.4, -0.2) is 31.8 Å². The van der Waals surface area contributed by atoms with Gasteiger partial charge in [-0.1, -0.05) is 48.3 Å². The fraction of sp³-hybridized carbons (Fsp3) is 0.370. The summed E-state index contributed by atoms with van der Waals surface area (Å²) in [5.41, 5.74) is 6.17. The van der Waals surface area contributed by atoms with Crippen LogP contribution in [0.15, 0.2) is 53.1 Å². The Morgan fingerprint density at radius 3 is 2.73 bits per heavy atom. The molecular weight excluding hydrogens is 412 g/mol. The van der Waals surface area contributed by atoms with Gasteiger partial charge in [-0.2, -0.15) is 5.10 Å². The SMILES string of the molecule is Cn1nc(CN(C(=O)c2ccc3noc(-c4ccccc4)c3c2)C2CCCC2)c2c1CCC2. The van der Waals surface area contributed by atoms with Crippen molar-refractivity contribution in [3.05, 3.63) is 71.0 Å². The number of hydrogen-bond acceptors (Lipinski definition) is 4. The molecule has 0 aliphatic heterocycles. The second-order valence-corrected chi connectivity index (χ2v) is 9.33. The first kappa shape index (κ1) is 20.2. The summed E-state index contributed by atoms with van der Waals surface area (Å²) in [7, 11) is 2.03. The van der Waals surface area contributed by atoms with Crippen molar-refractivity contribution < 1.29 is 9.32 Å². The Kier molecular flexibility index (Phi) is 5.01. The van der Waals surface area contributed by atoms with E-state index in [-0.39, 0.29) is 11.9 Å². The zero-order valence-electron chi connectivity index (χ0n) is 19.0. The molecule has 1 fully saturated rings. The maximum Gasteiger partial charge on any atom is 0.254 e. The number of benzene rings is 2. The summed E-state index contributed by atoms with van der Waals surface area (Å²) in [6, 6.07) is 15.9. The van der Waals surface area contributed by atoms with Crippen LogP contribution in [0.4, 0.5) is 0 Å². The summed E-state index contributed by atoms with van der Waals surface area (Å²) >= 11 is 0. The first-order valence-electron chi connectivity index (χ1n) is 12.0. The van der Waals surface area contributed by atoms with E-state index in [2.05, 4.69) is 10.1 Å². The van der Waals surface area contributed by atoms with E-state index in [0.717, 1.165) is 47.8 Å². The molecule has 2 heterocycles. The van der Waals surface area contributed by atoms with Crippen molar-refractivity contribution in [3.8, 4) is 11.3 Å². The first-order chi connectivity index (χ1) is 16.2. The number of hydrogen-bond donors (Lipinski definition) is 0. The van der Waals surface area contributed by atoms with Gasteiger partial charge in [0.1, 0.15) is 5.52 Å². The number of carbonyl (C=O) groups excluding carboxylic acids is 1. The lowest BCUT2D eigenvalue weighted by Gasteiger charge is -2.29. The average molecular weight is 441 g/mol. The maximum absolute atomic E-state index is 13.9. The van der Waals surface area contributed by atoms with Gasteiger partial charge in [0.2, 0.25) is 0 Å². The zero-order valence-corrected chi connectivity index (χ0v) is 19.0. The van der Waals surface area contributed by atoms with Crippen molar-refractivity contribution in [2.75, 3.05) is 0 Å². The molecule has 4 aromatic rings. The quantitative estimate of drug-likeness (QED) is 0.422. The number of aromatic nitrogens is 3. The number of aryl methyl sites for hydroxylation is 1. The highest BCUT2D eigenvalue weighted by Crippen LogP contribution is 2.32. The molecule has 2 aromatic carbocycles. The molecule has 0 atom stereocenters. The van der Waals surface area contributed by atoms with Gasteiger partial charge in [-0.25, -0.2) is 0 Å². The van der Waals surface area contributed by atoms with E-state index in [1.165, 1.54) is 30.5 Å². The minimum atomic E-state index is 0.0708. The van der Waals surface area contributed by atoms with Gasteiger partial charge in [0.15, 0.2) is 5.76 Å². The number of carbonyl (C=O) groups is 1. The molecule has 2 aliphatic carbocycles. The van der Waals surface area contributed by atoms with Crippen LogP contribution in [0.3, 0.4) is 0 Å². The predicted molar refractivity (Wildman–Crippen MR) is 127 cm³/mol. The molecule has 2 aliphatic rings. The summed E-state index contributed by atoms with van der Waals surface area (Å²) in [6.07, 6.45) is 7.81. The second kappa shape index (κ2) is 8.18. The van der Waals surface area contributed by atoms with Crippen LogP contribution >= 0.6 is 0 Å². The van der Waals surface area contributed by atoms with Crippen LogP contribution in [0.25, 0.3) is 22.2 Å². The third-order valence-corrected chi connectivity index (χ3v) is 7.30. The second-order valence-electron chi connectivity index (χ2n) is 9.33. The lowest BCUT2D eigenvalue weighted by molar-refractivity contribution is 0.0661. The highest BCUT2D eigenvalue weighted by Gasteiger charge is 2.31. The minimum absolute atomic E-state index is 0.0708. The molecule has 0 saturated heterocycles. The first-order valence-corrected chi connectivity index (χ1v) is 12.0. The minimum Gasteiger partial charge on any atom is -0.355 e. The van der Waals surface area contributed by atoms with Gasteiger partial charge < -0.3 is 9.42 Å². The molecule has 168 valence electrons. The van der Waals surface area contributed by atoms with E-state index < -0.39 is 0 Å². The molecule has 1 saturated carbocycles. The molecule has 6 nitrogen and oxygen atoms in total. The monoisotopic (exact) mass is 440 g/mol. The van der Waals surface area contributed by atoms with Crippen LogP contribution in [0.1, 0.15) is 59.4 Å². The molecule has 33 heavy (non-hydrogen) atoms. The number of amides is 1. The van der Waals surface area contributed by atoms with Crippen LogP contribution in [0, 0.1) is 0 Å². The van der Waals surface area contributed by atoms with Gasteiger partial charge >= 0.3 is 0 Å². The molecule has 1 amide bonds. The van der Waals surface area contributed by atoms with Gasteiger partial charge in [0.25, 0.3) is 5.91 Å². The predicted octanol–water partition coefficient (Wildman–Crippen LogP) is 5.30. The standard InChI is InChI=1S/C27H28N4O2/c1-30-25-13-7-12-21(25)24(28-30)17-31(20-10-5-6-11-20)27(32)19-14-15-23-22(16-19)26(33-29-23)18-8-3-2-4-9-18/h2-4,8-9,14-16,20H,5-7,10-13,17H2,1H3. The van der Waals surface area contributed by atoms with Crippen molar-refractivity contribution in [1.29, 1.82) is 0 Å². The van der Waals surface area contributed by atoms with Crippen molar-refractivity contribution >= 4 is 16.8 Å². The molecule has 6 rings (SSSR count). The van der Waals surface area contributed by atoms with E-state index >= 15 is 0 Å². The molecule has 0 unspecified atom stereocenters. The van der Waals surface area contributed by atoms with Crippen molar-refractivity contribution in [3.63, 3.8) is 0 Å². The molecule has 0 bridgehead atoms. The number of nitrogens with zero attached hydrogens (tertiary/aromatic N) is 4. The molecule has 6 heteroatoms. The van der Waals surface area contributed by atoms with Crippen molar-refractivity contribution in [2.24, 2.45) is 7.05 Å². The summed E-state index contributed by atoms with van der Waals surface area (Å²) in [5, 5.41) is 9.90. The van der Waals surface area contributed by atoms with Crippen LogP contribution in [0.5, 0.6) is 0 Å². The largest absolute Gasteiger partial charge is 0.355 e. The fourth-order valence-electron chi connectivity index (χ4n) is 5.61. The lowest BCUT2D eigenvalue weighted by Crippen LogP contribution is -2.38. The van der Waals surface area contributed by atoms with Gasteiger partial charge in [-0.05, 0) is 55.9 Å². The normalized spacial score (nSPS) is 15.9. The average Bonchev–Trinajstić information content (AvgIpc) is 3.64. The summed E-state index contributed by atoms with van der Waals surface area (Å²) in [5.74, 6) is 0.775. The summed E-state index contributed by atoms with van der Waals surface area (Å²) in [4.78, 5) is 16.0. The van der Waals surface area contributed by atoms with E-state index in [9.17, 15) is 4.79 Å². The van der Waals surface area contributed by atoms with Gasteiger partial charge in [-0.3, -0.25) is 9.48 Å². The van der Waals surface area contributed by atoms with Crippen molar-refractivity contribution in [2.45, 2.75) is 57.5 Å². The summed E-state index contributed by atoms with van der Waals surface area (Å²) < 4.78 is 7.68. The smallest absolute Gasteiger partial charge is 0.254 e. The highest BCUT2D eigenvalue weighted by molar-refractivity contribution is 6.01. The van der Waals surface area contributed by atoms with Gasteiger partial charge in [0.05, 0.1) is 17.6 Å². The molecular formula is C27H28N4O2. The van der Waals surface area contributed by atoms with Crippen molar-refractivity contribution in [1.82, 2.24) is 19.8 Å². The Morgan fingerprint density at radius 1 is 1.09 bits per heavy atom. The Bertz CT molecular complexity index is 1310. The van der Waals surface area contributed by atoms with E-state index in [1.54, 1.807) is 0 Å². The van der Waals surface area contributed by atoms with Crippen LogP contribution in [0.2, 0.25) is 0 Å². The fourth-order valence-corrected chi connectivity index (χ4v) is 5.61. The maximum atomic E-state index is 13.9. The van der Waals surface area contributed by atoms with Gasteiger partial charge in [-0.15, -0.1) is 0 Å². The van der Waals surface area contributed by atoms with Crippen LogP contribution < -0.4 is 0 Å². The van der Waals surface area contributed by atoms with E-state index in [0.29, 0.717) is 17.9 Å². The lowest BCUT2D eigenvalue weighted by atomic mass is 10.0. The number of rotatable bonds is 5. The Labute approximate surface area is 193 Å². The third-order valence-electron chi connectivity index (χ3n) is 7.30. The Balaban J connectivity index is 1.37. The third kappa shape index (κ3) is 3.54. The molecule has 0 spiro atoms.